The zero-order valence-corrected chi connectivity index (χ0v) is 8.06. The first-order chi connectivity index (χ1) is 5.47. The summed E-state index contributed by atoms with van der Waals surface area (Å²) in [5.41, 5.74) is 1.46. The smallest absolute Gasteiger partial charge is 0.236 e. The van der Waals surface area contributed by atoms with Gasteiger partial charge in [-0.2, -0.15) is 0 Å². The van der Waals surface area contributed by atoms with Crippen molar-refractivity contribution in [1.82, 2.24) is 4.98 Å². The molecule has 0 fully saturated rings. The molecule has 1 aromatic rings. The van der Waals surface area contributed by atoms with E-state index in [-0.39, 0.29) is 5.75 Å². The molecule has 12 heavy (non-hydrogen) atoms. The Morgan fingerprint density at radius 2 is 2.17 bits per heavy atom. The van der Waals surface area contributed by atoms with Crippen molar-refractivity contribution in [2.75, 3.05) is 0 Å². The fraction of sp³-hybridized carbons (Fsp3) is 0.286. The number of pyridine rings is 1. The number of hydrogen-bond donors (Lipinski definition) is 0. The average Bonchev–Trinajstić information content (AvgIpc) is 1.91. The van der Waals surface area contributed by atoms with Crippen LogP contribution in [0.2, 0.25) is 0 Å². The minimum atomic E-state index is -3.46. The molecule has 0 unspecified atom stereocenters. The predicted molar refractivity (Wildman–Crippen MR) is 47.5 cm³/mol. The number of nitrogens with zero attached hydrogens (tertiary/aromatic N) is 1. The lowest BCUT2D eigenvalue weighted by Crippen LogP contribution is -1.95. The van der Waals surface area contributed by atoms with Crippen LogP contribution in [0.1, 0.15) is 11.3 Å². The van der Waals surface area contributed by atoms with E-state index < -0.39 is 9.05 Å². The number of rotatable bonds is 2. The first-order valence-electron chi connectivity index (χ1n) is 3.31. The van der Waals surface area contributed by atoms with E-state index in [1.807, 2.05) is 6.92 Å². The van der Waals surface area contributed by atoms with Gasteiger partial charge in [0.1, 0.15) is 0 Å². The summed E-state index contributed by atoms with van der Waals surface area (Å²) in [6.45, 7) is 1.83. The highest BCUT2D eigenvalue weighted by molar-refractivity contribution is 8.13. The molecule has 0 N–H and O–H groups in total. The molecule has 3 nitrogen and oxygen atoms in total. The van der Waals surface area contributed by atoms with E-state index >= 15 is 0 Å². The highest BCUT2D eigenvalue weighted by atomic mass is 35.7. The van der Waals surface area contributed by atoms with Crippen molar-refractivity contribution in [2.45, 2.75) is 12.7 Å². The Bertz CT molecular complexity index is 357. The third kappa shape index (κ3) is 3.19. The molecule has 0 saturated heterocycles. The van der Waals surface area contributed by atoms with Gasteiger partial charge in [-0.1, -0.05) is 6.07 Å². The lowest BCUT2D eigenvalue weighted by atomic mass is 10.3. The second-order valence-corrected chi connectivity index (χ2v) is 5.27. The Morgan fingerprint density at radius 1 is 1.50 bits per heavy atom. The summed E-state index contributed by atoms with van der Waals surface area (Å²) in [5, 5.41) is 0. The molecule has 0 atom stereocenters. The van der Waals surface area contributed by atoms with Gasteiger partial charge in [0.15, 0.2) is 0 Å². The summed E-state index contributed by atoms with van der Waals surface area (Å²) in [6, 6.07) is 3.44. The van der Waals surface area contributed by atoms with Crippen molar-refractivity contribution in [3.05, 3.63) is 29.6 Å². The highest BCUT2D eigenvalue weighted by Crippen LogP contribution is 2.08. The van der Waals surface area contributed by atoms with Crippen molar-refractivity contribution < 1.29 is 8.42 Å². The molecule has 0 spiro atoms. The van der Waals surface area contributed by atoms with Crippen LogP contribution in [0, 0.1) is 6.92 Å². The molecule has 0 amide bonds. The molecule has 66 valence electrons. The van der Waals surface area contributed by atoms with Crippen LogP contribution in [0.15, 0.2) is 18.3 Å². The van der Waals surface area contributed by atoms with E-state index in [2.05, 4.69) is 4.98 Å². The maximum Gasteiger partial charge on any atom is 0.236 e. The SMILES string of the molecule is Cc1ccc(CS(=O)(=O)Cl)cn1. The number of hydrogen-bond acceptors (Lipinski definition) is 3. The van der Waals surface area contributed by atoms with Gasteiger partial charge in [0.05, 0.1) is 5.75 Å². The first-order valence-corrected chi connectivity index (χ1v) is 5.79. The predicted octanol–water partition coefficient (Wildman–Crippen LogP) is 1.46. The summed E-state index contributed by atoms with van der Waals surface area (Å²) >= 11 is 0. The summed E-state index contributed by atoms with van der Waals surface area (Å²) in [5.74, 6) is -0.165. The molecule has 1 aromatic heterocycles. The van der Waals surface area contributed by atoms with Crippen LogP contribution in [-0.4, -0.2) is 13.4 Å². The largest absolute Gasteiger partial charge is 0.261 e. The fourth-order valence-electron chi connectivity index (χ4n) is 0.783. The van der Waals surface area contributed by atoms with Crippen LogP contribution < -0.4 is 0 Å². The van der Waals surface area contributed by atoms with Crippen LogP contribution in [-0.2, 0) is 14.8 Å². The minimum absolute atomic E-state index is 0.165. The summed E-state index contributed by atoms with van der Waals surface area (Å²) in [7, 11) is 1.59. The van der Waals surface area contributed by atoms with Crippen molar-refractivity contribution in [3.63, 3.8) is 0 Å². The van der Waals surface area contributed by atoms with Gasteiger partial charge < -0.3 is 0 Å². The average molecular weight is 206 g/mol. The van der Waals surface area contributed by atoms with E-state index in [0.29, 0.717) is 5.56 Å². The number of halogens is 1. The molecule has 0 aliphatic heterocycles. The lowest BCUT2D eigenvalue weighted by molar-refractivity contribution is 0.609. The molecule has 0 bridgehead atoms. The van der Waals surface area contributed by atoms with Gasteiger partial charge >= 0.3 is 0 Å². The van der Waals surface area contributed by atoms with Gasteiger partial charge in [0, 0.05) is 22.6 Å². The quantitative estimate of drug-likeness (QED) is 0.687. The Labute approximate surface area is 75.8 Å². The maximum atomic E-state index is 10.6. The van der Waals surface area contributed by atoms with Gasteiger partial charge in [0.25, 0.3) is 0 Å². The molecular formula is C7H8ClNO2S. The fourth-order valence-corrected chi connectivity index (χ4v) is 1.73. The summed E-state index contributed by atoms with van der Waals surface area (Å²) in [4.78, 5) is 3.94. The Kier molecular flexibility index (Phi) is 2.69. The van der Waals surface area contributed by atoms with Crippen LogP contribution in [0.4, 0.5) is 0 Å². The van der Waals surface area contributed by atoms with Crippen LogP contribution in [0.5, 0.6) is 0 Å². The molecule has 0 aliphatic carbocycles. The number of aromatic nitrogens is 1. The van der Waals surface area contributed by atoms with Crippen molar-refractivity contribution in [1.29, 1.82) is 0 Å². The topological polar surface area (TPSA) is 47.0 Å². The Morgan fingerprint density at radius 3 is 2.58 bits per heavy atom. The molecule has 5 heteroatoms. The molecule has 1 heterocycles. The first kappa shape index (κ1) is 9.48. The second kappa shape index (κ2) is 3.41. The number of aryl methyl sites for hydroxylation is 1. The molecule has 0 saturated carbocycles. The zero-order chi connectivity index (χ0) is 9.19. The minimum Gasteiger partial charge on any atom is -0.261 e. The van der Waals surface area contributed by atoms with E-state index in [0.717, 1.165) is 5.69 Å². The maximum absolute atomic E-state index is 10.6. The van der Waals surface area contributed by atoms with Crippen molar-refractivity contribution in [2.24, 2.45) is 0 Å². The molecular weight excluding hydrogens is 198 g/mol. The van der Waals surface area contributed by atoms with Crippen LogP contribution in [0.25, 0.3) is 0 Å². The summed E-state index contributed by atoms with van der Waals surface area (Å²) < 4.78 is 21.2. The Hall–Kier alpha value is -0.610. The third-order valence-corrected chi connectivity index (χ3v) is 2.32. The van der Waals surface area contributed by atoms with Gasteiger partial charge in [-0.05, 0) is 18.6 Å². The third-order valence-electron chi connectivity index (χ3n) is 1.31. The van der Waals surface area contributed by atoms with Crippen molar-refractivity contribution in [3.8, 4) is 0 Å². The second-order valence-electron chi connectivity index (χ2n) is 2.49. The zero-order valence-electron chi connectivity index (χ0n) is 6.49. The van der Waals surface area contributed by atoms with E-state index in [9.17, 15) is 8.42 Å². The van der Waals surface area contributed by atoms with Crippen LogP contribution >= 0.6 is 10.7 Å². The molecule has 0 aliphatic rings. The molecule has 0 aromatic carbocycles. The van der Waals surface area contributed by atoms with E-state index in [1.54, 1.807) is 12.1 Å². The molecule has 1 rings (SSSR count). The van der Waals surface area contributed by atoms with Gasteiger partial charge in [-0.25, -0.2) is 8.42 Å². The van der Waals surface area contributed by atoms with Gasteiger partial charge in [-0.3, -0.25) is 4.98 Å². The Balaban J connectivity index is 2.85. The summed E-state index contributed by atoms with van der Waals surface area (Å²) in [6.07, 6.45) is 1.51. The van der Waals surface area contributed by atoms with Gasteiger partial charge in [0.2, 0.25) is 9.05 Å². The van der Waals surface area contributed by atoms with E-state index in [4.69, 9.17) is 10.7 Å². The lowest BCUT2D eigenvalue weighted by Gasteiger charge is -1.96. The normalized spacial score (nSPS) is 11.5. The van der Waals surface area contributed by atoms with Crippen molar-refractivity contribution >= 4 is 19.7 Å². The highest BCUT2D eigenvalue weighted by Gasteiger charge is 2.06. The van der Waals surface area contributed by atoms with Crippen LogP contribution in [0.3, 0.4) is 0 Å². The molecule has 0 radical (unpaired) electrons. The van der Waals surface area contributed by atoms with E-state index in [1.165, 1.54) is 6.20 Å². The van der Waals surface area contributed by atoms with Gasteiger partial charge in [-0.15, -0.1) is 0 Å². The monoisotopic (exact) mass is 205 g/mol. The standard InChI is InChI=1S/C7H8ClNO2S/c1-6-2-3-7(4-9-6)5-12(8,10)11/h2-4H,5H2,1H3.